The van der Waals surface area contributed by atoms with E-state index in [9.17, 15) is 18.5 Å². The van der Waals surface area contributed by atoms with Crippen LogP contribution in [0.15, 0.2) is 5.10 Å². The third-order valence-electron chi connectivity index (χ3n) is 3.92. The quantitative estimate of drug-likeness (QED) is 0.529. The molecule has 2 aliphatic heterocycles. The number of nitro groups is 1. The number of guanidine groups is 1. The number of nitrogens with zero attached hydrogens (tertiary/aromatic N) is 4. The Bertz CT molecular complexity index is 574. The number of hydrazone groups is 1. The smallest absolute Gasteiger partial charge is 0.287 e. The average molecular weight is 334 g/mol. The normalized spacial score (nSPS) is 26.9. The van der Waals surface area contributed by atoms with Crippen LogP contribution in [0.4, 0.5) is 0 Å². The third kappa shape index (κ3) is 3.67. The first kappa shape index (κ1) is 16.9. The molecule has 0 radical (unpaired) electrons. The third-order valence-corrected chi connectivity index (χ3v) is 5.67. The lowest BCUT2D eigenvalue weighted by atomic mass is 9.97. The molecule has 0 amide bonds. The SMILES string of the molecule is CCS(=O)(=O)N1CCN(CC2COC(C)(C)C2)C1=N[N+](=O)[O-]. The zero-order valence-electron chi connectivity index (χ0n) is 13.1. The fraction of sp³-hybridized carbons (Fsp3) is 0.917. The van der Waals surface area contributed by atoms with E-state index in [2.05, 4.69) is 5.10 Å². The maximum Gasteiger partial charge on any atom is 0.287 e. The Hall–Kier alpha value is -1.42. The molecular weight excluding hydrogens is 312 g/mol. The van der Waals surface area contributed by atoms with Gasteiger partial charge in [-0.15, -0.1) is 0 Å². The molecule has 2 heterocycles. The molecule has 0 aromatic rings. The van der Waals surface area contributed by atoms with Gasteiger partial charge in [-0.1, -0.05) is 0 Å². The number of hydrogen-bond donors (Lipinski definition) is 0. The standard InChI is InChI=1S/C12H22N4O5S/c1-4-22(19,20)15-6-5-14(11(15)13-16(17)18)8-10-7-12(2,3)21-9-10/h10H,4-9H2,1-3H3. The molecule has 9 nitrogen and oxygen atoms in total. The number of ether oxygens (including phenoxy) is 1. The molecule has 0 saturated carbocycles. The summed E-state index contributed by atoms with van der Waals surface area (Å²) in [6.45, 7) is 7.17. The zero-order chi connectivity index (χ0) is 16.5. The molecule has 0 aliphatic carbocycles. The Morgan fingerprint density at radius 1 is 1.45 bits per heavy atom. The molecule has 126 valence electrons. The molecule has 0 spiro atoms. The van der Waals surface area contributed by atoms with Gasteiger partial charge in [-0.2, -0.15) is 0 Å². The molecule has 2 rings (SSSR count). The van der Waals surface area contributed by atoms with Gasteiger partial charge < -0.3 is 9.64 Å². The Morgan fingerprint density at radius 2 is 2.14 bits per heavy atom. The Balaban J connectivity index is 2.16. The molecule has 2 aliphatic rings. The van der Waals surface area contributed by atoms with Crippen molar-refractivity contribution in [3.8, 4) is 0 Å². The van der Waals surface area contributed by atoms with Gasteiger partial charge in [0.2, 0.25) is 10.0 Å². The van der Waals surface area contributed by atoms with E-state index >= 15 is 0 Å². The second kappa shape index (κ2) is 5.99. The predicted molar refractivity (Wildman–Crippen MR) is 80.3 cm³/mol. The van der Waals surface area contributed by atoms with Crippen LogP contribution in [-0.2, 0) is 14.8 Å². The van der Waals surface area contributed by atoms with Crippen molar-refractivity contribution in [1.29, 1.82) is 0 Å². The van der Waals surface area contributed by atoms with E-state index in [0.717, 1.165) is 10.7 Å². The van der Waals surface area contributed by atoms with Crippen molar-refractivity contribution in [2.24, 2.45) is 11.0 Å². The average Bonchev–Trinajstić information content (AvgIpc) is 2.94. The first-order chi connectivity index (χ1) is 10.1. The van der Waals surface area contributed by atoms with E-state index in [1.54, 1.807) is 4.90 Å². The molecule has 0 aromatic carbocycles. The van der Waals surface area contributed by atoms with Crippen LogP contribution in [0.25, 0.3) is 0 Å². The molecular formula is C12H22N4O5S. The first-order valence-corrected chi connectivity index (χ1v) is 8.88. The lowest BCUT2D eigenvalue weighted by Crippen LogP contribution is -2.40. The summed E-state index contributed by atoms with van der Waals surface area (Å²) in [6.07, 6.45) is 0.829. The highest BCUT2D eigenvalue weighted by Gasteiger charge is 2.40. The van der Waals surface area contributed by atoms with E-state index in [1.807, 2.05) is 13.8 Å². The molecule has 10 heteroatoms. The van der Waals surface area contributed by atoms with Gasteiger partial charge in [0.05, 0.1) is 24.5 Å². The number of sulfonamides is 1. The van der Waals surface area contributed by atoms with E-state index < -0.39 is 15.1 Å². The first-order valence-electron chi connectivity index (χ1n) is 7.27. The molecule has 22 heavy (non-hydrogen) atoms. The van der Waals surface area contributed by atoms with Gasteiger partial charge >= 0.3 is 0 Å². The highest BCUT2D eigenvalue weighted by molar-refractivity contribution is 7.89. The predicted octanol–water partition coefficient (Wildman–Crippen LogP) is 0.317. The van der Waals surface area contributed by atoms with Crippen molar-refractivity contribution >= 4 is 16.0 Å². The van der Waals surface area contributed by atoms with E-state index in [4.69, 9.17) is 4.74 Å². The largest absolute Gasteiger partial charge is 0.375 e. The summed E-state index contributed by atoms with van der Waals surface area (Å²) in [4.78, 5) is 12.4. The summed E-state index contributed by atoms with van der Waals surface area (Å²) < 4.78 is 30.8. The lowest BCUT2D eigenvalue weighted by molar-refractivity contribution is -0.486. The van der Waals surface area contributed by atoms with Crippen LogP contribution in [0.3, 0.4) is 0 Å². The van der Waals surface area contributed by atoms with Gasteiger partial charge in [0.1, 0.15) is 5.10 Å². The number of rotatable bonds is 5. The topological polar surface area (TPSA) is 105 Å². The monoisotopic (exact) mass is 334 g/mol. The van der Waals surface area contributed by atoms with Gasteiger partial charge in [0.15, 0.2) is 5.03 Å². The highest BCUT2D eigenvalue weighted by Crippen LogP contribution is 2.30. The molecule has 0 N–H and O–H groups in total. The van der Waals surface area contributed by atoms with Crippen molar-refractivity contribution < 1.29 is 18.2 Å². The van der Waals surface area contributed by atoms with Crippen molar-refractivity contribution in [1.82, 2.24) is 9.21 Å². The van der Waals surface area contributed by atoms with Gasteiger partial charge in [0.25, 0.3) is 5.96 Å². The second-order valence-corrected chi connectivity index (χ2v) is 8.38. The summed E-state index contributed by atoms with van der Waals surface area (Å²) in [7, 11) is -3.56. The summed E-state index contributed by atoms with van der Waals surface area (Å²) in [5, 5.41) is 13.2. The molecule has 0 bridgehead atoms. The minimum Gasteiger partial charge on any atom is -0.375 e. The molecule has 1 atom stereocenters. The van der Waals surface area contributed by atoms with E-state index in [-0.39, 0.29) is 29.8 Å². The second-order valence-electron chi connectivity index (χ2n) is 6.20. The Kier molecular flexibility index (Phi) is 4.62. The Morgan fingerprint density at radius 3 is 2.64 bits per heavy atom. The maximum absolute atomic E-state index is 12.1. The molecule has 2 saturated heterocycles. The van der Waals surface area contributed by atoms with Crippen LogP contribution in [-0.4, -0.2) is 66.2 Å². The van der Waals surface area contributed by atoms with Crippen molar-refractivity contribution in [2.75, 3.05) is 32.0 Å². The van der Waals surface area contributed by atoms with Crippen LogP contribution in [0.2, 0.25) is 0 Å². The van der Waals surface area contributed by atoms with Gasteiger partial charge in [0, 0.05) is 19.0 Å². The fourth-order valence-corrected chi connectivity index (χ4v) is 4.01. The number of hydrogen-bond acceptors (Lipinski definition) is 5. The lowest BCUT2D eigenvalue weighted by Gasteiger charge is -2.22. The Labute approximate surface area is 130 Å². The van der Waals surface area contributed by atoms with Gasteiger partial charge in [-0.25, -0.2) is 22.8 Å². The van der Waals surface area contributed by atoms with Crippen LogP contribution in [0.1, 0.15) is 27.2 Å². The zero-order valence-corrected chi connectivity index (χ0v) is 13.9. The van der Waals surface area contributed by atoms with Crippen LogP contribution >= 0.6 is 0 Å². The van der Waals surface area contributed by atoms with Gasteiger partial charge in [-0.05, 0) is 27.2 Å². The maximum atomic E-state index is 12.1. The van der Waals surface area contributed by atoms with Crippen LogP contribution in [0, 0.1) is 16.0 Å². The minimum atomic E-state index is -3.56. The summed E-state index contributed by atoms with van der Waals surface area (Å²) in [6, 6.07) is 0. The molecule has 2 fully saturated rings. The van der Waals surface area contributed by atoms with Gasteiger partial charge in [-0.3, -0.25) is 0 Å². The molecule has 1 unspecified atom stereocenters. The highest BCUT2D eigenvalue weighted by atomic mass is 32.2. The van der Waals surface area contributed by atoms with Crippen LogP contribution in [0.5, 0.6) is 0 Å². The van der Waals surface area contributed by atoms with E-state index in [1.165, 1.54) is 6.92 Å². The minimum absolute atomic E-state index is 0.0865. The van der Waals surface area contributed by atoms with E-state index in [0.29, 0.717) is 19.7 Å². The molecule has 0 aromatic heterocycles. The van der Waals surface area contributed by atoms with Crippen molar-refractivity contribution in [3.63, 3.8) is 0 Å². The summed E-state index contributed by atoms with van der Waals surface area (Å²) in [5.41, 5.74) is -0.208. The van der Waals surface area contributed by atoms with Crippen molar-refractivity contribution in [2.45, 2.75) is 32.8 Å². The summed E-state index contributed by atoms with van der Waals surface area (Å²) >= 11 is 0. The van der Waals surface area contributed by atoms with Crippen LogP contribution < -0.4 is 0 Å². The summed E-state index contributed by atoms with van der Waals surface area (Å²) in [5.74, 6) is 0.00438. The fourth-order valence-electron chi connectivity index (χ4n) is 2.93. The van der Waals surface area contributed by atoms with Crippen molar-refractivity contribution in [3.05, 3.63) is 10.1 Å².